The van der Waals surface area contributed by atoms with E-state index in [1.54, 1.807) is 0 Å². The van der Waals surface area contributed by atoms with E-state index in [0.717, 1.165) is 23.3 Å². The predicted molar refractivity (Wildman–Crippen MR) is 93.7 cm³/mol. The van der Waals surface area contributed by atoms with Crippen molar-refractivity contribution in [2.24, 2.45) is 0 Å². The summed E-state index contributed by atoms with van der Waals surface area (Å²) in [7, 11) is -3.48. The second kappa shape index (κ2) is 6.67. The van der Waals surface area contributed by atoms with Crippen molar-refractivity contribution in [2.75, 3.05) is 19.9 Å². The van der Waals surface area contributed by atoms with E-state index in [4.69, 9.17) is 9.47 Å². The fourth-order valence-electron chi connectivity index (χ4n) is 3.19. The van der Waals surface area contributed by atoms with Crippen molar-refractivity contribution in [3.63, 3.8) is 0 Å². The third-order valence-corrected chi connectivity index (χ3v) is 6.13. The Morgan fingerprint density at radius 1 is 1.04 bits per heavy atom. The summed E-state index contributed by atoms with van der Waals surface area (Å²) in [6.45, 7) is 1.52. The molecule has 0 fully saturated rings. The van der Waals surface area contributed by atoms with E-state index in [9.17, 15) is 8.42 Å². The Labute approximate surface area is 147 Å². The van der Waals surface area contributed by atoms with Gasteiger partial charge in [0.15, 0.2) is 11.5 Å². The second-order valence-corrected chi connectivity index (χ2v) is 7.94. The first-order chi connectivity index (χ1) is 12.1. The average molecular weight is 360 g/mol. The lowest BCUT2D eigenvalue weighted by Crippen LogP contribution is -2.43. The number of hydrogen-bond donors (Lipinski definition) is 1. The summed E-state index contributed by atoms with van der Waals surface area (Å²) >= 11 is 0. The van der Waals surface area contributed by atoms with Crippen molar-refractivity contribution in [2.45, 2.75) is 19.4 Å². The van der Waals surface area contributed by atoms with E-state index >= 15 is 0 Å². The molecule has 2 aromatic carbocycles. The van der Waals surface area contributed by atoms with Crippen LogP contribution in [-0.4, -0.2) is 32.6 Å². The first-order valence-corrected chi connectivity index (χ1v) is 9.76. The van der Waals surface area contributed by atoms with Crippen LogP contribution in [0.4, 0.5) is 0 Å². The zero-order valence-electron chi connectivity index (χ0n) is 13.8. The maximum Gasteiger partial charge on any atom is 0.279 e. The molecule has 0 saturated carbocycles. The smallest absolute Gasteiger partial charge is 0.279 e. The van der Waals surface area contributed by atoms with E-state index in [1.807, 2.05) is 36.4 Å². The molecule has 25 heavy (non-hydrogen) atoms. The highest BCUT2D eigenvalue weighted by molar-refractivity contribution is 7.87. The van der Waals surface area contributed by atoms with Crippen LogP contribution in [-0.2, 0) is 29.6 Å². The third-order valence-electron chi connectivity index (χ3n) is 4.57. The molecule has 0 unspecified atom stereocenters. The molecule has 0 radical (unpaired) electrons. The number of hydrogen-bond acceptors (Lipinski definition) is 4. The third kappa shape index (κ3) is 3.49. The molecule has 6 nitrogen and oxygen atoms in total. The van der Waals surface area contributed by atoms with Gasteiger partial charge in [-0.3, -0.25) is 0 Å². The minimum atomic E-state index is -3.48. The lowest BCUT2D eigenvalue weighted by molar-refractivity contribution is 0.174. The van der Waals surface area contributed by atoms with Crippen LogP contribution < -0.4 is 14.2 Å². The molecule has 0 spiro atoms. The van der Waals surface area contributed by atoms with E-state index in [1.165, 1.54) is 9.87 Å². The molecule has 2 aromatic rings. The van der Waals surface area contributed by atoms with Crippen molar-refractivity contribution in [3.8, 4) is 11.5 Å². The molecule has 2 aliphatic rings. The Morgan fingerprint density at radius 3 is 2.72 bits per heavy atom. The van der Waals surface area contributed by atoms with Crippen LogP contribution >= 0.6 is 0 Å². The molecule has 0 saturated heterocycles. The molecule has 4 rings (SSSR count). The molecule has 2 aliphatic heterocycles. The number of fused-ring (bicyclic) bond motifs is 2. The highest BCUT2D eigenvalue weighted by atomic mass is 32.2. The Kier molecular flexibility index (Phi) is 4.37. The Balaban J connectivity index is 1.36. The molecule has 0 amide bonds. The van der Waals surface area contributed by atoms with Crippen molar-refractivity contribution in [3.05, 3.63) is 59.2 Å². The van der Waals surface area contributed by atoms with Gasteiger partial charge in [0, 0.05) is 19.6 Å². The summed E-state index contributed by atoms with van der Waals surface area (Å²) in [5.41, 5.74) is 3.32. The van der Waals surface area contributed by atoms with Gasteiger partial charge in [0.05, 0.1) is 0 Å². The lowest BCUT2D eigenvalue weighted by atomic mass is 10.0. The second-order valence-electron chi connectivity index (χ2n) is 6.19. The van der Waals surface area contributed by atoms with Gasteiger partial charge in [0.2, 0.25) is 6.79 Å². The van der Waals surface area contributed by atoms with Crippen molar-refractivity contribution in [1.29, 1.82) is 0 Å². The number of nitrogens with zero attached hydrogens (tertiary/aromatic N) is 1. The van der Waals surface area contributed by atoms with Gasteiger partial charge in [-0.2, -0.15) is 12.7 Å². The first kappa shape index (κ1) is 16.4. The van der Waals surface area contributed by atoms with Crippen LogP contribution in [0.1, 0.15) is 16.7 Å². The normalized spacial score (nSPS) is 16.6. The van der Waals surface area contributed by atoms with Crippen LogP contribution in [0.5, 0.6) is 11.5 Å². The zero-order valence-corrected chi connectivity index (χ0v) is 14.6. The van der Waals surface area contributed by atoms with Crippen molar-refractivity contribution in [1.82, 2.24) is 9.03 Å². The highest BCUT2D eigenvalue weighted by Crippen LogP contribution is 2.32. The van der Waals surface area contributed by atoms with Gasteiger partial charge < -0.3 is 9.47 Å². The van der Waals surface area contributed by atoms with Crippen LogP contribution in [0.25, 0.3) is 0 Å². The molecule has 0 atom stereocenters. The molecule has 2 heterocycles. The van der Waals surface area contributed by atoms with E-state index < -0.39 is 10.2 Å². The van der Waals surface area contributed by atoms with Crippen molar-refractivity contribution < 1.29 is 17.9 Å². The summed E-state index contributed by atoms with van der Waals surface area (Å²) in [6.07, 6.45) is 1.35. The quantitative estimate of drug-likeness (QED) is 0.884. The van der Waals surface area contributed by atoms with Gasteiger partial charge in [0.25, 0.3) is 10.2 Å². The number of ether oxygens (including phenoxy) is 2. The van der Waals surface area contributed by atoms with Gasteiger partial charge in [-0.1, -0.05) is 30.3 Å². The van der Waals surface area contributed by atoms with Crippen LogP contribution in [0.3, 0.4) is 0 Å². The van der Waals surface area contributed by atoms with Gasteiger partial charge in [-0.05, 0) is 41.7 Å². The number of nitrogens with one attached hydrogen (secondary N) is 1. The molecule has 132 valence electrons. The predicted octanol–water partition coefficient (Wildman–Crippen LogP) is 1.85. The highest BCUT2D eigenvalue weighted by Gasteiger charge is 2.26. The fourth-order valence-corrected chi connectivity index (χ4v) is 4.37. The topological polar surface area (TPSA) is 67.9 Å². The minimum Gasteiger partial charge on any atom is -0.454 e. The van der Waals surface area contributed by atoms with Gasteiger partial charge in [-0.25, -0.2) is 4.72 Å². The molecule has 0 bridgehead atoms. The largest absolute Gasteiger partial charge is 0.454 e. The van der Waals surface area contributed by atoms with E-state index in [2.05, 4.69) is 10.8 Å². The summed E-state index contributed by atoms with van der Waals surface area (Å²) in [5.74, 6) is 1.45. The molecule has 1 N–H and O–H groups in total. The Bertz CT molecular complexity index is 882. The van der Waals surface area contributed by atoms with Gasteiger partial charge >= 0.3 is 0 Å². The minimum absolute atomic E-state index is 0.238. The lowest BCUT2D eigenvalue weighted by Gasteiger charge is -2.28. The van der Waals surface area contributed by atoms with Gasteiger partial charge in [0.1, 0.15) is 0 Å². The fraction of sp³-hybridized carbons (Fsp3) is 0.333. The zero-order chi connectivity index (χ0) is 17.3. The van der Waals surface area contributed by atoms with Crippen LogP contribution in [0, 0.1) is 0 Å². The molecule has 7 heteroatoms. The number of rotatable bonds is 5. The van der Waals surface area contributed by atoms with Crippen LogP contribution in [0.2, 0.25) is 0 Å². The Hall–Kier alpha value is -2.09. The summed E-state index contributed by atoms with van der Waals surface area (Å²) in [4.78, 5) is 0. The molecular formula is C18H20N2O4S. The monoisotopic (exact) mass is 360 g/mol. The summed E-state index contributed by atoms with van der Waals surface area (Å²) in [5, 5.41) is 0. The Morgan fingerprint density at radius 2 is 1.84 bits per heavy atom. The van der Waals surface area contributed by atoms with Gasteiger partial charge in [-0.15, -0.1) is 0 Å². The first-order valence-electron chi connectivity index (χ1n) is 8.32. The molecule has 0 aromatic heterocycles. The SMILES string of the molecule is O=S(=O)(NCCc1ccc2c(c1)OCO2)N1CCc2ccccc2C1. The maximum atomic E-state index is 12.5. The van der Waals surface area contributed by atoms with Crippen molar-refractivity contribution >= 4 is 10.2 Å². The van der Waals surface area contributed by atoms with Crippen LogP contribution in [0.15, 0.2) is 42.5 Å². The molecule has 0 aliphatic carbocycles. The summed E-state index contributed by atoms with van der Waals surface area (Å²) in [6, 6.07) is 13.7. The standard InChI is InChI=1S/C18H20N2O4S/c21-25(22,20-10-8-15-3-1-2-4-16(15)12-20)19-9-7-14-5-6-17-18(11-14)24-13-23-17/h1-6,11,19H,7-10,12-13H2. The van der Waals surface area contributed by atoms with E-state index in [0.29, 0.717) is 31.8 Å². The maximum absolute atomic E-state index is 12.5. The average Bonchev–Trinajstić information content (AvgIpc) is 3.09. The summed E-state index contributed by atoms with van der Waals surface area (Å²) < 4.78 is 39.9. The van der Waals surface area contributed by atoms with E-state index in [-0.39, 0.29) is 6.79 Å². The number of benzene rings is 2. The molecular weight excluding hydrogens is 340 g/mol.